The third kappa shape index (κ3) is 4.90. The van der Waals surface area contributed by atoms with Crippen molar-refractivity contribution in [2.45, 2.75) is 53.0 Å². The molecule has 0 aliphatic carbocycles. The van der Waals surface area contributed by atoms with Gasteiger partial charge in [0.25, 0.3) is 0 Å². The molecule has 0 spiro atoms. The van der Waals surface area contributed by atoms with Crippen LogP contribution in [-0.2, 0) is 22.9 Å². The highest BCUT2D eigenvalue weighted by Crippen LogP contribution is 2.08. The van der Waals surface area contributed by atoms with Crippen molar-refractivity contribution in [3.8, 4) is 0 Å². The van der Waals surface area contributed by atoms with Crippen LogP contribution in [0.3, 0.4) is 0 Å². The van der Waals surface area contributed by atoms with E-state index in [4.69, 9.17) is 0 Å². The topological polar surface area (TPSA) is 64.0 Å². The smallest absolute Gasteiger partial charge is 0.154 e. The molecule has 0 saturated carbocycles. The maximum Gasteiger partial charge on any atom is 0.154 e. The maximum atomic E-state index is 11.9. The molecule has 5 nitrogen and oxygen atoms in total. The van der Waals surface area contributed by atoms with E-state index in [0.717, 1.165) is 24.6 Å². The molecular formula is C14H27N3O2S. The molecule has 6 heteroatoms. The lowest BCUT2D eigenvalue weighted by Crippen LogP contribution is -2.24. The van der Waals surface area contributed by atoms with E-state index in [1.807, 2.05) is 17.7 Å². The highest BCUT2D eigenvalue weighted by atomic mass is 32.2. The summed E-state index contributed by atoms with van der Waals surface area (Å²) in [5, 5.41) is 3.04. The Balaban J connectivity index is 2.68. The fourth-order valence-corrected chi connectivity index (χ4v) is 2.81. The summed E-state index contributed by atoms with van der Waals surface area (Å²) in [6, 6.07) is 0. The summed E-state index contributed by atoms with van der Waals surface area (Å²) in [7, 11) is -3.01. The molecule has 0 saturated heterocycles. The molecule has 0 aliphatic heterocycles. The molecule has 1 aromatic heterocycles. The number of imidazole rings is 1. The normalized spacial score (nSPS) is 12.6. The second-order valence-electron chi connectivity index (χ2n) is 5.89. The van der Waals surface area contributed by atoms with E-state index < -0.39 is 9.84 Å². The Hall–Kier alpha value is -0.880. The van der Waals surface area contributed by atoms with E-state index in [1.54, 1.807) is 13.8 Å². The fraction of sp³-hybridized carbons (Fsp3) is 0.786. The first-order valence-electron chi connectivity index (χ1n) is 7.17. The Kier molecular flexibility index (Phi) is 6.20. The van der Waals surface area contributed by atoms with Crippen molar-refractivity contribution in [1.82, 2.24) is 14.9 Å². The van der Waals surface area contributed by atoms with Gasteiger partial charge in [0, 0.05) is 19.3 Å². The van der Waals surface area contributed by atoms with Crippen LogP contribution < -0.4 is 5.32 Å². The number of nitrogens with zero attached hydrogens (tertiary/aromatic N) is 2. The van der Waals surface area contributed by atoms with E-state index in [9.17, 15) is 8.42 Å². The van der Waals surface area contributed by atoms with Crippen molar-refractivity contribution >= 4 is 9.84 Å². The molecule has 1 aromatic rings. The quantitative estimate of drug-likeness (QED) is 0.794. The molecule has 0 bridgehead atoms. The molecule has 20 heavy (non-hydrogen) atoms. The van der Waals surface area contributed by atoms with Gasteiger partial charge in [0.2, 0.25) is 0 Å². The van der Waals surface area contributed by atoms with Gasteiger partial charge in [-0.2, -0.15) is 0 Å². The minimum atomic E-state index is -3.01. The molecule has 1 N–H and O–H groups in total. The largest absolute Gasteiger partial charge is 0.330 e. The Morgan fingerprint density at radius 2 is 1.95 bits per heavy atom. The summed E-state index contributed by atoms with van der Waals surface area (Å²) >= 11 is 0. The number of aromatic nitrogens is 2. The van der Waals surface area contributed by atoms with Crippen LogP contribution in [0.4, 0.5) is 0 Å². The number of sulfone groups is 1. The molecule has 0 fully saturated rings. The van der Waals surface area contributed by atoms with Crippen molar-refractivity contribution in [3.05, 3.63) is 17.7 Å². The summed E-state index contributed by atoms with van der Waals surface area (Å²) in [6.45, 7) is 11.8. The van der Waals surface area contributed by atoms with Gasteiger partial charge in [0.1, 0.15) is 5.82 Å². The van der Waals surface area contributed by atoms with Crippen LogP contribution in [0.15, 0.2) is 6.20 Å². The molecular weight excluding hydrogens is 274 g/mol. The molecule has 0 aliphatic rings. The Labute approximate surface area is 122 Å². The summed E-state index contributed by atoms with van der Waals surface area (Å²) in [4.78, 5) is 4.29. The van der Waals surface area contributed by atoms with Gasteiger partial charge in [-0.1, -0.05) is 13.8 Å². The summed E-state index contributed by atoms with van der Waals surface area (Å²) in [6.07, 6.45) is 1.82. The highest BCUT2D eigenvalue weighted by Gasteiger charge is 2.17. The third-order valence-electron chi connectivity index (χ3n) is 3.31. The first-order valence-corrected chi connectivity index (χ1v) is 8.89. The van der Waals surface area contributed by atoms with Gasteiger partial charge >= 0.3 is 0 Å². The highest BCUT2D eigenvalue weighted by molar-refractivity contribution is 7.91. The van der Waals surface area contributed by atoms with Crippen LogP contribution in [-0.4, -0.2) is 35.5 Å². The van der Waals surface area contributed by atoms with E-state index >= 15 is 0 Å². The molecule has 0 atom stereocenters. The molecule has 1 rings (SSSR count). The fourth-order valence-electron chi connectivity index (χ4n) is 1.90. The average molecular weight is 301 g/mol. The van der Waals surface area contributed by atoms with Gasteiger partial charge in [0.15, 0.2) is 9.84 Å². The van der Waals surface area contributed by atoms with Crippen LogP contribution in [0.2, 0.25) is 0 Å². The summed E-state index contributed by atoms with van der Waals surface area (Å²) in [5.41, 5.74) is 1.04. The van der Waals surface area contributed by atoms with Gasteiger partial charge in [-0.05, 0) is 33.2 Å². The van der Waals surface area contributed by atoms with Crippen molar-refractivity contribution in [2.75, 3.05) is 12.3 Å². The summed E-state index contributed by atoms with van der Waals surface area (Å²) in [5.74, 6) is 1.62. The Morgan fingerprint density at radius 3 is 2.50 bits per heavy atom. The summed E-state index contributed by atoms with van der Waals surface area (Å²) < 4.78 is 25.8. The number of hydrogen-bond acceptors (Lipinski definition) is 4. The SMILES string of the molecule is Cc1ncc(CNCC(C)C)n1CCS(=O)(=O)C(C)C. The first-order chi connectivity index (χ1) is 9.24. The lowest BCUT2D eigenvalue weighted by atomic mass is 10.2. The zero-order valence-corrected chi connectivity index (χ0v) is 14.0. The van der Waals surface area contributed by atoms with E-state index in [1.165, 1.54) is 0 Å². The minimum Gasteiger partial charge on any atom is -0.330 e. The van der Waals surface area contributed by atoms with Crippen LogP contribution in [0, 0.1) is 12.8 Å². The van der Waals surface area contributed by atoms with Crippen molar-refractivity contribution in [1.29, 1.82) is 0 Å². The second kappa shape index (κ2) is 7.22. The average Bonchev–Trinajstić information content (AvgIpc) is 2.67. The van der Waals surface area contributed by atoms with Crippen LogP contribution >= 0.6 is 0 Å². The number of hydrogen-bond donors (Lipinski definition) is 1. The van der Waals surface area contributed by atoms with Gasteiger partial charge in [-0.3, -0.25) is 0 Å². The molecule has 0 radical (unpaired) electrons. The standard InChI is InChI=1S/C14H27N3O2S/c1-11(2)8-15-9-14-10-16-13(5)17(14)6-7-20(18,19)12(3)4/h10-12,15H,6-9H2,1-5H3. The zero-order chi connectivity index (χ0) is 15.3. The van der Waals surface area contributed by atoms with E-state index in [2.05, 4.69) is 24.1 Å². The van der Waals surface area contributed by atoms with E-state index in [0.29, 0.717) is 12.5 Å². The molecule has 0 unspecified atom stereocenters. The van der Waals surface area contributed by atoms with Crippen LogP contribution in [0.5, 0.6) is 0 Å². The van der Waals surface area contributed by atoms with Gasteiger partial charge in [-0.15, -0.1) is 0 Å². The number of nitrogens with one attached hydrogen (secondary N) is 1. The molecule has 116 valence electrons. The molecule has 1 heterocycles. The lowest BCUT2D eigenvalue weighted by Gasteiger charge is -2.13. The van der Waals surface area contributed by atoms with Gasteiger partial charge in [0.05, 0.1) is 16.7 Å². The third-order valence-corrected chi connectivity index (χ3v) is 5.50. The van der Waals surface area contributed by atoms with Crippen molar-refractivity contribution < 1.29 is 8.42 Å². The van der Waals surface area contributed by atoms with Crippen molar-refractivity contribution in [3.63, 3.8) is 0 Å². The monoisotopic (exact) mass is 301 g/mol. The van der Waals surface area contributed by atoms with Gasteiger partial charge < -0.3 is 9.88 Å². The van der Waals surface area contributed by atoms with E-state index in [-0.39, 0.29) is 11.0 Å². The van der Waals surface area contributed by atoms with Crippen LogP contribution in [0.1, 0.15) is 39.2 Å². The molecule has 0 amide bonds. The maximum absolute atomic E-state index is 11.9. The number of aryl methyl sites for hydroxylation is 1. The van der Waals surface area contributed by atoms with Crippen molar-refractivity contribution in [2.24, 2.45) is 5.92 Å². The minimum absolute atomic E-state index is 0.166. The lowest BCUT2D eigenvalue weighted by molar-refractivity contribution is 0.533. The van der Waals surface area contributed by atoms with Crippen LogP contribution in [0.25, 0.3) is 0 Å². The zero-order valence-electron chi connectivity index (χ0n) is 13.2. The van der Waals surface area contributed by atoms with Gasteiger partial charge in [-0.25, -0.2) is 13.4 Å². The predicted octanol–water partition coefficient (Wildman–Crippen LogP) is 1.76. The first kappa shape index (κ1) is 17.2. The second-order valence-corrected chi connectivity index (χ2v) is 8.57. The molecule has 0 aromatic carbocycles. The predicted molar refractivity (Wildman–Crippen MR) is 82.4 cm³/mol. The Morgan fingerprint density at radius 1 is 1.30 bits per heavy atom. The Bertz CT molecular complexity index is 519. The number of rotatable bonds is 8.